The van der Waals surface area contributed by atoms with Crippen molar-refractivity contribution in [3.8, 4) is 11.4 Å². The quantitative estimate of drug-likeness (QED) is 0.406. The van der Waals surface area contributed by atoms with Gasteiger partial charge >= 0.3 is 0 Å². The van der Waals surface area contributed by atoms with Crippen LogP contribution in [-0.2, 0) is 11.2 Å². The average Bonchev–Trinajstić information content (AvgIpc) is 3.65. The molecule has 2 amide bonds. The molecular formula is C28H33FN8O2. The molecule has 0 bridgehead atoms. The standard InChI is InChI=1S/C28H33FN8O2/c1-36(16-18-2-3-18)25(38)12-17-7-10-37(11-8-17)19-4-5-24(31-14-19)34-28-32-15-21(29)26(35-28)23-13-20-22(33-23)6-9-30-27(20)39/h4-5,13-15,17-18,33H,2-3,6-12,16H2,1H3,(H,30,39)(H,31,32,34,35). The average molecular weight is 533 g/mol. The molecule has 6 rings (SSSR count). The molecule has 3 aromatic rings. The van der Waals surface area contributed by atoms with Crippen molar-refractivity contribution in [1.82, 2.24) is 30.2 Å². The van der Waals surface area contributed by atoms with E-state index in [1.54, 1.807) is 12.3 Å². The summed E-state index contributed by atoms with van der Waals surface area (Å²) in [6.07, 6.45) is 8.69. The lowest BCUT2D eigenvalue weighted by atomic mass is 9.92. The highest BCUT2D eigenvalue weighted by molar-refractivity contribution is 5.97. The lowest BCUT2D eigenvalue weighted by Crippen LogP contribution is -2.36. The Balaban J connectivity index is 1.05. The van der Waals surface area contributed by atoms with E-state index >= 15 is 0 Å². The molecule has 2 aliphatic heterocycles. The Morgan fingerprint density at radius 2 is 1.97 bits per heavy atom. The first-order chi connectivity index (χ1) is 18.9. The molecule has 39 heavy (non-hydrogen) atoms. The molecule has 3 aromatic heterocycles. The second kappa shape index (κ2) is 10.6. The molecule has 11 heteroatoms. The van der Waals surface area contributed by atoms with Gasteiger partial charge in [-0.05, 0) is 55.7 Å². The summed E-state index contributed by atoms with van der Waals surface area (Å²) in [6.45, 7) is 3.23. The van der Waals surface area contributed by atoms with Crippen LogP contribution < -0.4 is 15.5 Å². The fourth-order valence-electron chi connectivity index (χ4n) is 5.39. The molecule has 204 valence electrons. The highest BCUT2D eigenvalue weighted by Gasteiger charge is 2.27. The van der Waals surface area contributed by atoms with Gasteiger partial charge in [-0.15, -0.1) is 0 Å². The smallest absolute Gasteiger partial charge is 0.253 e. The maximum Gasteiger partial charge on any atom is 0.253 e. The van der Waals surface area contributed by atoms with Crippen molar-refractivity contribution in [1.29, 1.82) is 0 Å². The van der Waals surface area contributed by atoms with Gasteiger partial charge in [-0.25, -0.2) is 19.3 Å². The number of amides is 2. The number of carbonyl (C=O) groups is 2. The number of halogens is 1. The first-order valence-electron chi connectivity index (χ1n) is 13.7. The van der Waals surface area contributed by atoms with E-state index in [9.17, 15) is 14.0 Å². The number of anilines is 3. The number of hydrogen-bond donors (Lipinski definition) is 3. The number of rotatable bonds is 8. The number of fused-ring (bicyclic) bond motifs is 1. The molecule has 5 heterocycles. The molecule has 10 nitrogen and oxygen atoms in total. The van der Waals surface area contributed by atoms with Crippen LogP contribution in [0.25, 0.3) is 11.4 Å². The zero-order valence-corrected chi connectivity index (χ0v) is 22.0. The zero-order chi connectivity index (χ0) is 26.9. The maximum absolute atomic E-state index is 14.6. The number of piperidine rings is 1. The van der Waals surface area contributed by atoms with Gasteiger partial charge in [-0.1, -0.05) is 0 Å². The van der Waals surface area contributed by atoms with Crippen molar-refractivity contribution in [3.63, 3.8) is 0 Å². The van der Waals surface area contributed by atoms with Crippen LogP contribution in [0.1, 0.15) is 48.2 Å². The third-order valence-corrected chi connectivity index (χ3v) is 7.89. The summed E-state index contributed by atoms with van der Waals surface area (Å²) >= 11 is 0. The second-order valence-corrected chi connectivity index (χ2v) is 10.9. The summed E-state index contributed by atoms with van der Waals surface area (Å²) in [5.74, 6) is 1.41. The molecule has 1 aliphatic carbocycles. The van der Waals surface area contributed by atoms with Crippen LogP contribution in [0, 0.1) is 17.7 Å². The Labute approximate surface area is 226 Å². The van der Waals surface area contributed by atoms with Crippen LogP contribution in [0.5, 0.6) is 0 Å². The van der Waals surface area contributed by atoms with E-state index in [0.717, 1.165) is 56.0 Å². The Morgan fingerprint density at radius 1 is 1.15 bits per heavy atom. The number of H-pyrrole nitrogens is 1. The predicted octanol–water partition coefficient (Wildman–Crippen LogP) is 3.51. The minimum Gasteiger partial charge on any atom is -0.370 e. The first kappa shape index (κ1) is 25.3. The normalized spacial score (nSPS) is 17.5. The van der Waals surface area contributed by atoms with Gasteiger partial charge in [0.05, 0.1) is 29.3 Å². The minimum atomic E-state index is -0.581. The summed E-state index contributed by atoms with van der Waals surface area (Å²) < 4.78 is 14.6. The fourth-order valence-corrected chi connectivity index (χ4v) is 5.39. The van der Waals surface area contributed by atoms with Gasteiger partial charge in [0.2, 0.25) is 11.9 Å². The topological polar surface area (TPSA) is 119 Å². The predicted molar refractivity (Wildman–Crippen MR) is 145 cm³/mol. The highest BCUT2D eigenvalue weighted by Crippen LogP contribution is 2.31. The number of hydrogen-bond acceptors (Lipinski definition) is 7. The molecule has 3 aliphatic rings. The van der Waals surface area contributed by atoms with E-state index in [0.29, 0.717) is 42.4 Å². The Kier molecular flexibility index (Phi) is 6.88. The van der Waals surface area contributed by atoms with Gasteiger partial charge in [0, 0.05) is 51.8 Å². The van der Waals surface area contributed by atoms with Crippen LogP contribution in [0.3, 0.4) is 0 Å². The largest absolute Gasteiger partial charge is 0.370 e. The van der Waals surface area contributed by atoms with E-state index < -0.39 is 5.82 Å². The van der Waals surface area contributed by atoms with Crippen molar-refractivity contribution >= 4 is 29.3 Å². The lowest BCUT2D eigenvalue weighted by Gasteiger charge is -2.33. The van der Waals surface area contributed by atoms with Crippen molar-refractivity contribution in [2.45, 2.75) is 38.5 Å². The Hall–Kier alpha value is -4.02. The van der Waals surface area contributed by atoms with Crippen molar-refractivity contribution in [2.75, 3.05) is 43.4 Å². The van der Waals surface area contributed by atoms with Crippen molar-refractivity contribution in [2.24, 2.45) is 11.8 Å². The van der Waals surface area contributed by atoms with Crippen molar-refractivity contribution in [3.05, 3.63) is 47.7 Å². The Morgan fingerprint density at radius 3 is 2.69 bits per heavy atom. The van der Waals surface area contributed by atoms with Gasteiger partial charge in [0.1, 0.15) is 11.5 Å². The maximum atomic E-state index is 14.6. The third-order valence-electron chi connectivity index (χ3n) is 7.89. The van der Waals surface area contributed by atoms with Gasteiger partial charge in [-0.2, -0.15) is 0 Å². The number of pyridine rings is 1. The monoisotopic (exact) mass is 532 g/mol. The van der Waals surface area contributed by atoms with Crippen LogP contribution in [0.2, 0.25) is 0 Å². The number of aromatic amines is 1. The van der Waals surface area contributed by atoms with Gasteiger partial charge in [0.15, 0.2) is 5.82 Å². The highest BCUT2D eigenvalue weighted by atomic mass is 19.1. The molecule has 0 radical (unpaired) electrons. The number of aromatic nitrogens is 4. The molecule has 1 saturated heterocycles. The van der Waals surface area contributed by atoms with E-state index in [1.807, 2.05) is 24.1 Å². The third kappa shape index (κ3) is 5.71. The molecular weight excluding hydrogens is 499 g/mol. The first-order valence-corrected chi connectivity index (χ1v) is 13.7. The molecule has 2 fully saturated rings. The SMILES string of the molecule is CN(CC1CC1)C(=O)CC1CCN(c2ccc(Nc3ncc(F)c(-c4cc5c([nH]4)CCNC5=O)n3)nc2)CC1. The van der Waals surface area contributed by atoms with E-state index in [1.165, 1.54) is 12.8 Å². The van der Waals surface area contributed by atoms with Crippen LogP contribution in [-0.4, -0.2) is 69.9 Å². The van der Waals surface area contributed by atoms with Crippen LogP contribution in [0.4, 0.5) is 21.8 Å². The summed E-state index contributed by atoms with van der Waals surface area (Å²) in [5, 5.41) is 5.83. The van der Waals surface area contributed by atoms with E-state index in [-0.39, 0.29) is 23.5 Å². The number of nitrogens with one attached hydrogen (secondary N) is 3. The lowest BCUT2D eigenvalue weighted by molar-refractivity contribution is -0.131. The second-order valence-electron chi connectivity index (χ2n) is 10.9. The summed E-state index contributed by atoms with van der Waals surface area (Å²) in [6, 6.07) is 5.46. The number of nitrogens with zero attached hydrogens (tertiary/aromatic N) is 5. The van der Waals surface area contributed by atoms with Crippen LogP contribution in [0.15, 0.2) is 30.6 Å². The molecule has 0 unspecified atom stereocenters. The minimum absolute atomic E-state index is 0.0893. The molecule has 1 saturated carbocycles. The van der Waals surface area contributed by atoms with E-state index in [2.05, 4.69) is 35.5 Å². The molecule has 0 aromatic carbocycles. The molecule has 0 atom stereocenters. The molecule has 0 spiro atoms. The van der Waals surface area contributed by atoms with Gasteiger partial charge < -0.3 is 25.4 Å². The van der Waals surface area contributed by atoms with Gasteiger partial charge in [0.25, 0.3) is 5.91 Å². The summed E-state index contributed by atoms with van der Waals surface area (Å²) in [5.41, 5.74) is 2.83. The zero-order valence-electron chi connectivity index (χ0n) is 22.0. The number of carbonyl (C=O) groups excluding carboxylic acids is 2. The summed E-state index contributed by atoms with van der Waals surface area (Å²) in [7, 11) is 1.93. The van der Waals surface area contributed by atoms with E-state index in [4.69, 9.17) is 0 Å². The Bertz CT molecular complexity index is 1360. The fraction of sp³-hybridized carbons (Fsp3) is 0.464. The van der Waals surface area contributed by atoms with Crippen molar-refractivity contribution < 1.29 is 14.0 Å². The summed E-state index contributed by atoms with van der Waals surface area (Å²) in [4.78, 5) is 44.9. The molecule has 3 N–H and O–H groups in total. The van der Waals surface area contributed by atoms with Crippen LogP contribution >= 0.6 is 0 Å². The van der Waals surface area contributed by atoms with Gasteiger partial charge in [-0.3, -0.25) is 9.59 Å².